The van der Waals surface area contributed by atoms with Gasteiger partial charge in [-0.25, -0.2) is 0 Å². The van der Waals surface area contributed by atoms with Crippen LogP contribution in [0, 0.1) is 23.2 Å². The van der Waals surface area contributed by atoms with Crippen LogP contribution in [0.25, 0.3) is 0 Å². The molecule has 0 aromatic heterocycles. The standard InChI is InChI=1S/C21H23NO3/c1-12(23)18(21-9-13-6-14(10-21)8-15(7-13)11-21)22-19(24)16-4-2-3-5-17(16)20(22)25/h2-5,13-15,18H,6-11H2,1H3/t13?,14?,15?,18-,21?/m1/s1. The van der Waals surface area contributed by atoms with Crippen molar-refractivity contribution in [3.63, 3.8) is 0 Å². The van der Waals surface area contributed by atoms with Crippen LogP contribution in [0.3, 0.4) is 0 Å². The molecule has 0 N–H and O–H groups in total. The average molecular weight is 337 g/mol. The van der Waals surface area contributed by atoms with Crippen molar-refractivity contribution in [1.82, 2.24) is 4.90 Å². The molecule has 1 aliphatic heterocycles. The summed E-state index contributed by atoms with van der Waals surface area (Å²) in [4.78, 5) is 40.1. The first-order valence-electron chi connectivity index (χ1n) is 9.46. The van der Waals surface area contributed by atoms with Crippen molar-refractivity contribution in [3.8, 4) is 0 Å². The van der Waals surface area contributed by atoms with Gasteiger partial charge in [0.1, 0.15) is 6.04 Å². The summed E-state index contributed by atoms with van der Waals surface area (Å²) in [5.74, 6) is 1.42. The zero-order valence-corrected chi connectivity index (χ0v) is 14.5. The van der Waals surface area contributed by atoms with Crippen molar-refractivity contribution in [1.29, 1.82) is 0 Å². The van der Waals surface area contributed by atoms with E-state index >= 15 is 0 Å². The summed E-state index contributed by atoms with van der Waals surface area (Å²) in [5, 5.41) is 0. The number of fused-ring (bicyclic) bond motifs is 1. The summed E-state index contributed by atoms with van der Waals surface area (Å²) in [6.45, 7) is 1.56. The molecule has 4 nitrogen and oxygen atoms in total. The SMILES string of the molecule is CC(=O)[C@@H](N1C(=O)c2ccccc2C1=O)C12CC3CC(CC(C3)C1)C2. The Hall–Kier alpha value is -1.97. The van der Waals surface area contributed by atoms with Gasteiger partial charge in [0, 0.05) is 0 Å². The van der Waals surface area contributed by atoms with Crippen LogP contribution in [-0.4, -0.2) is 28.5 Å². The molecule has 6 rings (SSSR count). The van der Waals surface area contributed by atoms with Crippen LogP contribution >= 0.6 is 0 Å². The minimum absolute atomic E-state index is 0.0311. The van der Waals surface area contributed by atoms with Gasteiger partial charge in [0.05, 0.1) is 11.1 Å². The van der Waals surface area contributed by atoms with Crippen LogP contribution in [0.15, 0.2) is 24.3 Å². The van der Waals surface area contributed by atoms with Gasteiger partial charge in [-0.05, 0) is 80.8 Å². The van der Waals surface area contributed by atoms with Gasteiger partial charge in [-0.2, -0.15) is 0 Å². The predicted molar refractivity (Wildman–Crippen MR) is 92.0 cm³/mol. The van der Waals surface area contributed by atoms with Crippen LogP contribution in [-0.2, 0) is 4.79 Å². The zero-order valence-electron chi connectivity index (χ0n) is 14.5. The summed E-state index contributed by atoms with van der Waals surface area (Å²) in [5.41, 5.74) is 0.709. The summed E-state index contributed by atoms with van der Waals surface area (Å²) < 4.78 is 0. The van der Waals surface area contributed by atoms with E-state index in [1.165, 1.54) is 24.2 Å². The van der Waals surface area contributed by atoms with E-state index in [0.717, 1.165) is 19.3 Å². The number of ketones is 1. The molecular formula is C21H23NO3. The second kappa shape index (κ2) is 5.03. The van der Waals surface area contributed by atoms with Crippen molar-refractivity contribution < 1.29 is 14.4 Å². The molecule has 4 heteroatoms. The summed E-state index contributed by atoms with van der Waals surface area (Å²) in [7, 11) is 0. The van der Waals surface area contributed by atoms with E-state index in [9.17, 15) is 14.4 Å². The second-order valence-electron chi connectivity index (χ2n) is 8.82. The molecule has 5 aliphatic rings. The molecule has 1 heterocycles. The normalized spacial score (nSPS) is 36.7. The summed E-state index contributed by atoms with van der Waals surface area (Å²) in [6, 6.07) is 6.37. The number of rotatable bonds is 3. The highest BCUT2D eigenvalue weighted by molar-refractivity contribution is 6.23. The van der Waals surface area contributed by atoms with E-state index in [2.05, 4.69) is 0 Å². The van der Waals surface area contributed by atoms with Crippen LogP contribution < -0.4 is 0 Å². The maximum absolute atomic E-state index is 13.0. The molecule has 130 valence electrons. The Morgan fingerprint density at radius 1 is 0.960 bits per heavy atom. The lowest BCUT2D eigenvalue weighted by molar-refractivity contribution is -0.136. The van der Waals surface area contributed by atoms with E-state index in [-0.39, 0.29) is 23.0 Å². The smallest absolute Gasteiger partial charge is 0.262 e. The van der Waals surface area contributed by atoms with Gasteiger partial charge in [-0.15, -0.1) is 0 Å². The highest BCUT2D eigenvalue weighted by atomic mass is 16.2. The van der Waals surface area contributed by atoms with Gasteiger partial charge >= 0.3 is 0 Å². The van der Waals surface area contributed by atoms with E-state index in [1.54, 1.807) is 31.2 Å². The lowest BCUT2D eigenvalue weighted by Crippen LogP contribution is -2.60. The highest BCUT2D eigenvalue weighted by Gasteiger charge is 2.59. The molecule has 1 aromatic rings. The topological polar surface area (TPSA) is 54.5 Å². The van der Waals surface area contributed by atoms with Crippen LogP contribution in [0.1, 0.15) is 66.2 Å². The van der Waals surface area contributed by atoms with E-state index in [0.29, 0.717) is 28.9 Å². The van der Waals surface area contributed by atoms with E-state index < -0.39 is 6.04 Å². The highest BCUT2D eigenvalue weighted by Crippen LogP contribution is 2.62. The monoisotopic (exact) mass is 337 g/mol. The number of amides is 2. The van der Waals surface area contributed by atoms with Crippen molar-refractivity contribution >= 4 is 17.6 Å². The Kier molecular flexibility index (Phi) is 3.08. The van der Waals surface area contributed by atoms with Crippen molar-refractivity contribution in [2.24, 2.45) is 23.2 Å². The third-order valence-electron chi connectivity index (χ3n) is 7.13. The first-order valence-corrected chi connectivity index (χ1v) is 9.46. The average Bonchev–Trinajstić information content (AvgIpc) is 2.79. The lowest BCUT2D eigenvalue weighted by Gasteiger charge is -2.59. The quantitative estimate of drug-likeness (QED) is 0.794. The Morgan fingerprint density at radius 2 is 1.40 bits per heavy atom. The molecule has 1 aromatic carbocycles. The molecule has 4 fully saturated rings. The molecule has 25 heavy (non-hydrogen) atoms. The fourth-order valence-corrected chi connectivity index (χ4v) is 6.84. The Balaban J connectivity index is 1.58. The predicted octanol–water partition coefficient (Wildman–Crippen LogP) is 3.46. The maximum Gasteiger partial charge on any atom is 0.262 e. The third-order valence-corrected chi connectivity index (χ3v) is 7.13. The van der Waals surface area contributed by atoms with Gasteiger partial charge in [0.2, 0.25) is 0 Å². The van der Waals surface area contributed by atoms with Crippen molar-refractivity contribution in [3.05, 3.63) is 35.4 Å². The molecule has 4 saturated carbocycles. The zero-order chi connectivity index (χ0) is 17.3. The Labute approximate surface area is 147 Å². The van der Waals surface area contributed by atoms with Crippen LogP contribution in [0.2, 0.25) is 0 Å². The number of carbonyl (C=O) groups excluding carboxylic acids is 3. The molecular weight excluding hydrogens is 314 g/mol. The number of imide groups is 1. The van der Waals surface area contributed by atoms with Gasteiger partial charge < -0.3 is 0 Å². The molecule has 0 radical (unpaired) electrons. The first-order chi connectivity index (χ1) is 12.0. The molecule has 4 aliphatic carbocycles. The Morgan fingerprint density at radius 3 is 1.80 bits per heavy atom. The molecule has 0 spiro atoms. The summed E-state index contributed by atoms with van der Waals surface area (Å²) in [6.07, 6.45) is 6.80. The third kappa shape index (κ3) is 2.03. The maximum atomic E-state index is 13.0. The van der Waals surface area contributed by atoms with Gasteiger partial charge in [0.15, 0.2) is 5.78 Å². The van der Waals surface area contributed by atoms with Crippen LogP contribution in [0.4, 0.5) is 0 Å². The van der Waals surface area contributed by atoms with Gasteiger partial charge in [-0.3, -0.25) is 19.3 Å². The number of nitrogens with zero attached hydrogens (tertiary/aromatic N) is 1. The fraction of sp³-hybridized carbons (Fsp3) is 0.571. The first kappa shape index (κ1) is 15.3. The van der Waals surface area contributed by atoms with E-state index in [4.69, 9.17) is 0 Å². The van der Waals surface area contributed by atoms with Gasteiger partial charge in [0.25, 0.3) is 11.8 Å². The number of benzene rings is 1. The van der Waals surface area contributed by atoms with Crippen LogP contribution in [0.5, 0.6) is 0 Å². The lowest BCUT2D eigenvalue weighted by atomic mass is 9.47. The molecule has 2 amide bonds. The minimum atomic E-state index is -0.590. The summed E-state index contributed by atoms with van der Waals surface area (Å²) >= 11 is 0. The minimum Gasteiger partial charge on any atom is -0.298 e. The second-order valence-corrected chi connectivity index (χ2v) is 8.82. The number of Topliss-reactive ketones (excluding diaryl/α,β-unsaturated/α-hetero) is 1. The van der Waals surface area contributed by atoms with Crippen molar-refractivity contribution in [2.45, 2.75) is 51.5 Å². The van der Waals surface area contributed by atoms with Crippen molar-refractivity contribution in [2.75, 3.05) is 0 Å². The number of hydrogen-bond acceptors (Lipinski definition) is 3. The number of hydrogen-bond donors (Lipinski definition) is 0. The molecule has 4 bridgehead atoms. The number of carbonyl (C=O) groups is 3. The van der Waals surface area contributed by atoms with Gasteiger partial charge in [-0.1, -0.05) is 12.1 Å². The Bertz CT molecular complexity index is 726. The largest absolute Gasteiger partial charge is 0.298 e. The molecule has 1 atom stereocenters. The molecule has 0 saturated heterocycles. The molecule has 0 unspecified atom stereocenters. The fourth-order valence-electron chi connectivity index (χ4n) is 6.84. The van der Waals surface area contributed by atoms with E-state index in [1.807, 2.05) is 0 Å².